The SMILES string of the molecule is CCOc1ccc(C2(CNC(=O)C(C)NC(=O)c3ccccc3Cl)CCOCC2)cc1. The summed E-state index contributed by atoms with van der Waals surface area (Å²) in [5.74, 6) is 0.214. The fraction of sp³-hybridized carbons (Fsp3) is 0.417. The third kappa shape index (κ3) is 5.77. The molecule has 0 saturated carbocycles. The normalized spacial score (nSPS) is 16.2. The molecule has 2 aromatic carbocycles. The molecule has 0 spiro atoms. The van der Waals surface area contributed by atoms with Crippen LogP contribution in [0.4, 0.5) is 0 Å². The van der Waals surface area contributed by atoms with Gasteiger partial charge in [0.2, 0.25) is 5.91 Å². The highest BCUT2D eigenvalue weighted by Crippen LogP contribution is 2.35. The van der Waals surface area contributed by atoms with E-state index in [-0.39, 0.29) is 17.2 Å². The third-order valence-corrected chi connectivity index (χ3v) is 6.02. The lowest BCUT2D eigenvalue weighted by Crippen LogP contribution is -2.50. The van der Waals surface area contributed by atoms with E-state index in [9.17, 15) is 9.59 Å². The summed E-state index contributed by atoms with van der Waals surface area (Å²) in [7, 11) is 0. The van der Waals surface area contributed by atoms with Crippen LogP contribution in [0.25, 0.3) is 0 Å². The Morgan fingerprint density at radius 1 is 1.13 bits per heavy atom. The molecule has 0 bridgehead atoms. The van der Waals surface area contributed by atoms with Crippen molar-refractivity contribution in [3.05, 3.63) is 64.7 Å². The van der Waals surface area contributed by atoms with Gasteiger partial charge in [-0.3, -0.25) is 9.59 Å². The smallest absolute Gasteiger partial charge is 0.253 e. The molecule has 2 aromatic rings. The maximum atomic E-state index is 12.7. The summed E-state index contributed by atoms with van der Waals surface area (Å²) < 4.78 is 11.1. The molecular formula is C24H29ClN2O4. The average molecular weight is 445 g/mol. The van der Waals surface area contributed by atoms with E-state index >= 15 is 0 Å². The summed E-state index contributed by atoms with van der Waals surface area (Å²) >= 11 is 6.08. The fourth-order valence-electron chi connectivity index (χ4n) is 3.80. The first kappa shape index (κ1) is 23.1. The monoisotopic (exact) mass is 444 g/mol. The molecule has 3 rings (SSSR count). The zero-order valence-electron chi connectivity index (χ0n) is 17.9. The second kappa shape index (κ2) is 10.6. The molecule has 31 heavy (non-hydrogen) atoms. The van der Waals surface area contributed by atoms with E-state index in [0.29, 0.717) is 37.0 Å². The van der Waals surface area contributed by atoms with Gasteiger partial charge >= 0.3 is 0 Å². The zero-order chi connectivity index (χ0) is 22.3. The van der Waals surface area contributed by atoms with Gasteiger partial charge in [-0.1, -0.05) is 35.9 Å². The van der Waals surface area contributed by atoms with Crippen molar-refractivity contribution >= 4 is 23.4 Å². The molecule has 7 heteroatoms. The van der Waals surface area contributed by atoms with Crippen molar-refractivity contribution in [3.8, 4) is 5.75 Å². The molecular weight excluding hydrogens is 416 g/mol. The Balaban J connectivity index is 1.65. The summed E-state index contributed by atoms with van der Waals surface area (Å²) in [6.07, 6.45) is 1.61. The summed E-state index contributed by atoms with van der Waals surface area (Å²) in [6, 6.07) is 14.1. The molecule has 6 nitrogen and oxygen atoms in total. The lowest BCUT2D eigenvalue weighted by atomic mass is 9.74. The van der Waals surface area contributed by atoms with Crippen LogP contribution in [0, 0.1) is 0 Å². The predicted octanol–water partition coefficient (Wildman–Crippen LogP) is 3.72. The Kier molecular flexibility index (Phi) is 7.93. The molecule has 0 aromatic heterocycles. The van der Waals surface area contributed by atoms with Crippen molar-refractivity contribution in [2.45, 2.75) is 38.1 Å². The first-order chi connectivity index (χ1) is 14.9. The van der Waals surface area contributed by atoms with Gasteiger partial charge < -0.3 is 20.1 Å². The van der Waals surface area contributed by atoms with Gasteiger partial charge in [0.05, 0.1) is 17.2 Å². The Bertz CT molecular complexity index is 895. The van der Waals surface area contributed by atoms with Gasteiger partial charge in [-0.2, -0.15) is 0 Å². The number of hydrogen-bond donors (Lipinski definition) is 2. The number of ether oxygens (including phenoxy) is 2. The van der Waals surface area contributed by atoms with E-state index < -0.39 is 6.04 Å². The van der Waals surface area contributed by atoms with Gasteiger partial charge in [-0.15, -0.1) is 0 Å². The lowest BCUT2D eigenvalue weighted by Gasteiger charge is -2.38. The van der Waals surface area contributed by atoms with Crippen LogP contribution in [0.5, 0.6) is 5.75 Å². The molecule has 1 aliphatic rings. The largest absolute Gasteiger partial charge is 0.494 e. The van der Waals surface area contributed by atoms with Crippen molar-refractivity contribution in [3.63, 3.8) is 0 Å². The van der Waals surface area contributed by atoms with E-state index in [4.69, 9.17) is 21.1 Å². The van der Waals surface area contributed by atoms with Crippen LogP contribution in [0.2, 0.25) is 5.02 Å². The number of rotatable bonds is 8. The number of halogens is 1. The quantitative estimate of drug-likeness (QED) is 0.650. The molecule has 0 radical (unpaired) electrons. The van der Waals surface area contributed by atoms with Crippen molar-refractivity contribution < 1.29 is 19.1 Å². The summed E-state index contributed by atoms with van der Waals surface area (Å²) in [5.41, 5.74) is 1.27. The molecule has 2 N–H and O–H groups in total. The first-order valence-electron chi connectivity index (χ1n) is 10.6. The minimum absolute atomic E-state index is 0.217. The topological polar surface area (TPSA) is 76.7 Å². The van der Waals surface area contributed by atoms with Crippen molar-refractivity contribution in [1.82, 2.24) is 10.6 Å². The summed E-state index contributed by atoms with van der Waals surface area (Å²) in [5, 5.41) is 6.10. The lowest BCUT2D eigenvalue weighted by molar-refractivity contribution is -0.123. The molecule has 166 valence electrons. The molecule has 1 unspecified atom stereocenters. The number of nitrogens with one attached hydrogen (secondary N) is 2. The van der Waals surface area contributed by atoms with Gasteiger partial charge in [0.15, 0.2) is 0 Å². The third-order valence-electron chi connectivity index (χ3n) is 5.69. The molecule has 1 heterocycles. The predicted molar refractivity (Wildman–Crippen MR) is 121 cm³/mol. The Morgan fingerprint density at radius 2 is 1.81 bits per heavy atom. The van der Waals surface area contributed by atoms with Gasteiger partial charge in [0.25, 0.3) is 5.91 Å². The number of amides is 2. The Labute approximate surface area is 188 Å². The average Bonchev–Trinajstić information content (AvgIpc) is 2.79. The molecule has 0 aliphatic carbocycles. The number of carbonyl (C=O) groups is 2. The summed E-state index contributed by atoms with van der Waals surface area (Å²) in [4.78, 5) is 25.2. The van der Waals surface area contributed by atoms with Crippen LogP contribution in [-0.4, -0.2) is 44.2 Å². The van der Waals surface area contributed by atoms with Gasteiger partial charge in [0, 0.05) is 25.2 Å². The minimum Gasteiger partial charge on any atom is -0.494 e. The Morgan fingerprint density at radius 3 is 2.45 bits per heavy atom. The number of benzene rings is 2. The molecule has 2 amide bonds. The zero-order valence-corrected chi connectivity index (χ0v) is 18.7. The fourth-order valence-corrected chi connectivity index (χ4v) is 4.02. The highest BCUT2D eigenvalue weighted by atomic mass is 35.5. The van der Waals surface area contributed by atoms with E-state index in [0.717, 1.165) is 24.2 Å². The second-order valence-electron chi connectivity index (χ2n) is 7.74. The van der Waals surface area contributed by atoms with Crippen molar-refractivity contribution in [2.24, 2.45) is 0 Å². The minimum atomic E-state index is -0.694. The highest BCUT2D eigenvalue weighted by Gasteiger charge is 2.35. The maximum absolute atomic E-state index is 12.7. The van der Waals surface area contributed by atoms with E-state index in [1.807, 2.05) is 19.1 Å². The van der Waals surface area contributed by atoms with Crippen LogP contribution >= 0.6 is 11.6 Å². The molecule has 1 atom stereocenters. The van der Waals surface area contributed by atoms with Crippen molar-refractivity contribution in [1.29, 1.82) is 0 Å². The van der Waals surface area contributed by atoms with Crippen LogP contribution in [-0.2, 0) is 14.9 Å². The molecule has 1 fully saturated rings. The van der Waals surface area contributed by atoms with Gasteiger partial charge in [-0.05, 0) is 56.5 Å². The van der Waals surface area contributed by atoms with Crippen LogP contribution in [0.1, 0.15) is 42.6 Å². The highest BCUT2D eigenvalue weighted by molar-refractivity contribution is 6.33. The van der Waals surface area contributed by atoms with E-state index in [1.165, 1.54) is 0 Å². The summed E-state index contributed by atoms with van der Waals surface area (Å²) in [6.45, 7) is 5.98. The number of hydrogen-bond acceptors (Lipinski definition) is 4. The van der Waals surface area contributed by atoms with E-state index in [1.54, 1.807) is 31.2 Å². The Hall–Kier alpha value is -2.57. The van der Waals surface area contributed by atoms with Crippen LogP contribution < -0.4 is 15.4 Å². The second-order valence-corrected chi connectivity index (χ2v) is 8.15. The first-order valence-corrected chi connectivity index (χ1v) is 11.0. The standard InChI is InChI=1S/C24H29ClN2O4/c1-3-31-19-10-8-18(9-11-19)24(12-14-30-15-13-24)16-26-22(28)17(2)27-23(29)20-6-4-5-7-21(20)25/h4-11,17H,3,12-16H2,1-2H3,(H,26,28)(H,27,29). The van der Waals surface area contributed by atoms with E-state index in [2.05, 4.69) is 22.8 Å². The molecule has 1 saturated heterocycles. The number of carbonyl (C=O) groups excluding carboxylic acids is 2. The maximum Gasteiger partial charge on any atom is 0.253 e. The van der Waals surface area contributed by atoms with Gasteiger partial charge in [0.1, 0.15) is 11.8 Å². The molecule has 1 aliphatic heterocycles. The van der Waals surface area contributed by atoms with Gasteiger partial charge in [-0.25, -0.2) is 0 Å². The van der Waals surface area contributed by atoms with Crippen LogP contribution in [0.15, 0.2) is 48.5 Å². The van der Waals surface area contributed by atoms with Crippen LogP contribution in [0.3, 0.4) is 0 Å². The van der Waals surface area contributed by atoms with Crippen molar-refractivity contribution in [2.75, 3.05) is 26.4 Å².